The van der Waals surface area contributed by atoms with Crippen molar-refractivity contribution in [1.82, 2.24) is 0 Å². The van der Waals surface area contributed by atoms with Gasteiger partial charge >= 0.3 is 0 Å². The van der Waals surface area contributed by atoms with Gasteiger partial charge in [0.1, 0.15) is 17.7 Å². The number of hydrogen-bond acceptors (Lipinski definition) is 3. The summed E-state index contributed by atoms with van der Waals surface area (Å²) < 4.78 is 0. The summed E-state index contributed by atoms with van der Waals surface area (Å²) in [6.07, 6.45) is 0.575. The Bertz CT molecular complexity index is 333. The Kier molecular flexibility index (Phi) is 2.28. The zero-order chi connectivity index (χ0) is 9.14. The van der Waals surface area contributed by atoms with E-state index in [0.29, 0.717) is 11.8 Å². The molecule has 0 aliphatic heterocycles. The van der Waals surface area contributed by atoms with Crippen LogP contribution in [0.15, 0.2) is 18.2 Å². The first-order valence-electron chi connectivity index (χ1n) is 3.23. The molecule has 0 spiro atoms. The molecule has 0 heterocycles. The predicted molar refractivity (Wildman–Crippen MR) is 43.6 cm³/mol. The van der Waals surface area contributed by atoms with Crippen molar-refractivity contribution in [1.29, 1.82) is 0 Å². The van der Waals surface area contributed by atoms with E-state index in [2.05, 4.69) is 0 Å². The van der Waals surface area contributed by atoms with Gasteiger partial charge in [-0.2, -0.15) is 0 Å². The first kappa shape index (κ1) is 8.52. The minimum atomic E-state index is -0.754. The molecular weight excluding hydrogens is 155 g/mol. The lowest BCUT2D eigenvalue weighted by Crippen LogP contribution is -1.98. The summed E-state index contributed by atoms with van der Waals surface area (Å²) >= 11 is 0. The van der Waals surface area contributed by atoms with Gasteiger partial charge < -0.3 is 9.90 Å². The van der Waals surface area contributed by atoms with Gasteiger partial charge in [0.15, 0.2) is 7.85 Å². The maximum Gasteiger partial charge on any atom is 0.175 e. The van der Waals surface area contributed by atoms with E-state index in [1.54, 1.807) is 0 Å². The SMILES string of the molecule is [B]C(=O)c1cc(C=O)ccc1O. The molecule has 0 unspecified atom stereocenters. The van der Waals surface area contributed by atoms with Gasteiger partial charge in [-0.25, -0.2) is 0 Å². The van der Waals surface area contributed by atoms with Crippen LogP contribution < -0.4 is 0 Å². The van der Waals surface area contributed by atoms with Crippen LogP contribution >= 0.6 is 0 Å². The lowest BCUT2D eigenvalue weighted by atomic mass is 9.93. The third-order valence-electron chi connectivity index (χ3n) is 1.42. The maximum absolute atomic E-state index is 10.6. The zero-order valence-corrected chi connectivity index (χ0v) is 6.15. The van der Waals surface area contributed by atoms with Crippen molar-refractivity contribution in [2.45, 2.75) is 0 Å². The summed E-state index contributed by atoms with van der Waals surface area (Å²) in [5, 5.41) is 9.08. The van der Waals surface area contributed by atoms with E-state index in [4.69, 9.17) is 13.0 Å². The topological polar surface area (TPSA) is 54.4 Å². The van der Waals surface area contributed by atoms with Crippen molar-refractivity contribution in [2.24, 2.45) is 0 Å². The van der Waals surface area contributed by atoms with E-state index in [1.165, 1.54) is 18.2 Å². The molecule has 1 aromatic carbocycles. The van der Waals surface area contributed by atoms with Crippen molar-refractivity contribution in [3.8, 4) is 5.75 Å². The van der Waals surface area contributed by atoms with Crippen LogP contribution in [-0.4, -0.2) is 24.9 Å². The molecule has 2 radical (unpaired) electrons. The Labute approximate surface area is 70.4 Å². The Morgan fingerprint density at radius 2 is 2.17 bits per heavy atom. The van der Waals surface area contributed by atoms with Crippen molar-refractivity contribution >= 4 is 19.8 Å². The number of aldehydes is 1. The molecule has 12 heavy (non-hydrogen) atoms. The number of rotatable bonds is 2. The molecule has 0 amide bonds. The molecule has 0 aliphatic carbocycles. The fraction of sp³-hybridized carbons (Fsp3) is 0. The van der Waals surface area contributed by atoms with Gasteiger partial charge in [0.05, 0.1) is 0 Å². The quantitative estimate of drug-likeness (QED) is 0.506. The molecular formula is C8H5BO3. The molecule has 1 rings (SSSR count). The molecule has 1 N–H and O–H groups in total. The average molecular weight is 160 g/mol. The largest absolute Gasteiger partial charge is 0.507 e. The molecule has 0 bridgehead atoms. The second-order valence-corrected chi connectivity index (χ2v) is 2.26. The lowest BCUT2D eigenvalue weighted by molar-refractivity contribution is 0.107. The Hall–Kier alpha value is -1.58. The van der Waals surface area contributed by atoms with Crippen molar-refractivity contribution in [3.63, 3.8) is 0 Å². The van der Waals surface area contributed by atoms with Crippen LogP contribution in [0.1, 0.15) is 20.7 Å². The summed E-state index contributed by atoms with van der Waals surface area (Å²) in [6.45, 7) is 0. The molecule has 0 aliphatic rings. The standard InChI is InChI=1S/C8H5BO3/c9-8(12)6-3-5(4-10)1-2-7(6)11/h1-4,11H. The first-order valence-corrected chi connectivity index (χ1v) is 3.23. The zero-order valence-electron chi connectivity index (χ0n) is 6.15. The van der Waals surface area contributed by atoms with Gasteiger partial charge in [-0.1, -0.05) is 0 Å². The molecule has 1 aromatic rings. The molecule has 0 saturated heterocycles. The van der Waals surface area contributed by atoms with Gasteiger partial charge in [-0.15, -0.1) is 0 Å². The Morgan fingerprint density at radius 1 is 1.50 bits per heavy atom. The van der Waals surface area contributed by atoms with Crippen molar-refractivity contribution < 1.29 is 14.7 Å². The van der Waals surface area contributed by atoms with Crippen molar-refractivity contribution in [2.75, 3.05) is 0 Å². The fourth-order valence-electron chi connectivity index (χ4n) is 0.824. The summed E-state index contributed by atoms with van der Waals surface area (Å²) in [6, 6.07) is 3.89. The molecule has 3 nitrogen and oxygen atoms in total. The molecule has 4 heteroatoms. The number of benzene rings is 1. The lowest BCUT2D eigenvalue weighted by Gasteiger charge is -2.00. The van der Waals surface area contributed by atoms with Gasteiger partial charge in [0.2, 0.25) is 0 Å². The normalized spacial score (nSPS) is 9.33. The third-order valence-corrected chi connectivity index (χ3v) is 1.42. The van der Waals surface area contributed by atoms with E-state index >= 15 is 0 Å². The number of hydrogen-bond donors (Lipinski definition) is 1. The van der Waals surface area contributed by atoms with E-state index < -0.39 is 5.68 Å². The van der Waals surface area contributed by atoms with E-state index in [-0.39, 0.29) is 11.3 Å². The van der Waals surface area contributed by atoms with Crippen LogP contribution in [-0.2, 0) is 0 Å². The second-order valence-electron chi connectivity index (χ2n) is 2.26. The summed E-state index contributed by atoms with van der Waals surface area (Å²) in [5.74, 6) is -0.215. The van der Waals surface area contributed by atoms with Gasteiger partial charge in [0.25, 0.3) is 0 Å². The highest BCUT2D eigenvalue weighted by molar-refractivity contribution is 6.62. The van der Waals surface area contributed by atoms with Gasteiger partial charge in [0, 0.05) is 11.1 Å². The predicted octanol–water partition coefficient (Wildman–Crippen LogP) is 0.513. The van der Waals surface area contributed by atoms with Crippen LogP contribution in [0.3, 0.4) is 0 Å². The monoisotopic (exact) mass is 160 g/mol. The van der Waals surface area contributed by atoms with Crippen LogP contribution in [0.25, 0.3) is 0 Å². The van der Waals surface area contributed by atoms with E-state index in [0.717, 1.165) is 0 Å². The molecule has 0 atom stereocenters. The highest BCUT2D eigenvalue weighted by Gasteiger charge is 2.05. The summed E-state index contributed by atoms with van der Waals surface area (Å²) in [4.78, 5) is 20.9. The third kappa shape index (κ3) is 1.53. The fourth-order valence-corrected chi connectivity index (χ4v) is 0.824. The highest BCUT2D eigenvalue weighted by Crippen LogP contribution is 2.17. The smallest absolute Gasteiger partial charge is 0.175 e. The first-order chi connectivity index (χ1) is 5.65. The van der Waals surface area contributed by atoms with Crippen LogP contribution in [0, 0.1) is 0 Å². The average Bonchev–Trinajstić information content (AvgIpc) is 2.05. The number of phenolic OH excluding ortho intramolecular Hbond substituents is 1. The Morgan fingerprint density at radius 3 is 2.67 bits per heavy atom. The number of carbonyl (C=O) groups excluding carboxylic acids is 2. The van der Waals surface area contributed by atoms with Crippen molar-refractivity contribution in [3.05, 3.63) is 29.3 Å². The molecule has 0 saturated carbocycles. The Balaban J connectivity index is 3.25. The second kappa shape index (κ2) is 3.22. The van der Waals surface area contributed by atoms with Gasteiger partial charge in [-0.3, -0.25) is 4.79 Å². The van der Waals surface area contributed by atoms with E-state index in [9.17, 15) is 9.59 Å². The number of phenols is 1. The van der Waals surface area contributed by atoms with Crippen LogP contribution in [0.5, 0.6) is 5.75 Å². The molecule has 0 aromatic heterocycles. The summed E-state index contributed by atoms with van der Waals surface area (Å²) in [5.41, 5.74) is -0.489. The highest BCUT2D eigenvalue weighted by atomic mass is 16.3. The van der Waals surface area contributed by atoms with Crippen LogP contribution in [0.2, 0.25) is 0 Å². The van der Waals surface area contributed by atoms with E-state index in [1.807, 2.05) is 0 Å². The minimum Gasteiger partial charge on any atom is -0.507 e. The number of carbonyl (C=O) groups is 2. The number of aromatic hydroxyl groups is 1. The van der Waals surface area contributed by atoms with Gasteiger partial charge in [-0.05, 0) is 18.2 Å². The van der Waals surface area contributed by atoms with Crippen LogP contribution in [0.4, 0.5) is 0 Å². The minimum absolute atomic E-state index is 0.0420. The molecule has 0 fully saturated rings. The summed E-state index contributed by atoms with van der Waals surface area (Å²) in [7, 11) is 4.92. The maximum atomic E-state index is 10.6. The molecule has 58 valence electrons.